The zero-order valence-electron chi connectivity index (χ0n) is 21.7. The van der Waals surface area contributed by atoms with Crippen LogP contribution in [0.25, 0.3) is 16.9 Å². The first kappa shape index (κ1) is 24.9. The molecule has 1 aromatic carbocycles. The maximum Gasteiger partial charge on any atom is 0.274 e. The number of nitrogens with zero attached hydrogens (tertiary/aromatic N) is 5. The van der Waals surface area contributed by atoms with Crippen molar-refractivity contribution < 1.29 is 14.7 Å². The number of aliphatic hydroxyl groups is 1. The van der Waals surface area contributed by atoms with Gasteiger partial charge >= 0.3 is 0 Å². The quantitative estimate of drug-likeness (QED) is 0.619. The summed E-state index contributed by atoms with van der Waals surface area (Å²) in [5.74, 6) is -0.329. The molecule has 0 bridgehead atoms. The largest absolute Gasteiger partial charge is 0.381 e. The van der Waals surface area contributed by atoms with Gasteiger partial charge in [0, 0.05) is 30.8 Å². The molecule has 2 aromatic heterocycles. The molecule has 0 aliphatic carbocycles. The van der Waals surface area contributed by atoms with Gasteiger partial charge in [0.15, 0.2) is 5.65 Å². The average molecular weight is 478 g/mol. The molecule has 0 saturated carbocycles. The molecule has 186 valence electrons. The Morgan fingerprint density at radius 3 is 2.46 bits per heavy atom. The van der Waals surface area contributed by atoms with Crippen molar-refractivity contribution in [2.75, 3.05) is 19.6 Å². The van der Waals surface area contributed by atoms with Crippen molar-refractivity contribution in [1.29, 1.82) is 0 Å². The van der Waals surface area contributed by atoms with E-state index in [1.54, 1.807) is 20.5 Å². The van der Waals surface area contributed by atoms with Crippen LogP contribution in [0.4, 0.5) is 0 Å². The Balaban J connectivity index is 1.68. The summed E-state index contributed by atoms with van der Waals surface area (Å²) in [6.45, 7) is 14.1. The number of imidazole rings is 1. The van der Waals surface area contributed by atoms with Gasteiger partial charge in [-0.2, -0.15) is 5.10 Å². The molecule has 2 amide bonds. The van der Waals surface area contributed by atoms with E-state index in [1.165, 1.54) is 13.8 Å². The van der Waals surface area contributed by atoms with E-state index in [2.05, 4.69) is 39.0 Å². The monoisotopic (exact) mass is 477 g/mol. The number of carbonyl (C=O) groups is 2. The summed E-state index contributed by atoms with van der Waals surface area (Å²) in [6.07, 6.45) is 1.70. The van der Waals surface area contributed by atoms with Crippen LogP contribution in [0.3, 0.4) is 0 Å². The summed E-state index contributed by atoms with van der Waals surface area (Å²) in [4.78, 5) is 34.3. The first-order valence-electron chi connectivity index (χ1n) is 12.1. The fraction of sp³-hybridized carbons (Fsp3) is 0.481. The molecule has 1 aliphatic heterocycles. The summed E-state index contributed by atoms with van der Waals surface area (Å²) < 4.78 is 1.71. The van der Waals surface area contributed by atoms with E-state index in [9.17, 15) is 14.7 Å². The summed E-state index contributed by atoms with van der Waals surface area (Å²) >= 11 is 0. The minimum Gasteiger partial charge on any atom is -0.381 e. The Kier molecular flexibility index (Phi) is 6.21. The molecular weight excluding hydrogens is 442 g/mol. The Bertz CT molecular complexity index is 1290. The maximum atomic E-state index is 13.6. The minimum atomic E-state index is -1.45. The van der Waals surface area contributed by atoms with Crippen LogP contribution in [-0.2, 0) is 4.79 Å². The molecule has 8 heteroatoms. The zero-order valence-corrected chi connectivity index (χ0v) is 21.7. The number of aryl methyl sites for hydroxylation is 1. The fourth-order valence-electron chi connectivity index (χ4n) is 4.70. The second-order valence-electron chi connectivity index (χ2n) is 11.0. The Morgan fingerprint density at radius 2 is 1.86 bits per heavy atom. The lowest BCUT2D eigenvalue weighted by Gasteiger charge is -2.47. The van der Waals surface area contributed by atoms with Crippen LogP contribution in [0.5, 0.6) is 0 Å². The van der Waals surface area contributed by atoms with Crippen molar-refractivity contribution in [3.8, 4) is 11.3 Å². The minimum absolute atomic E-state index is 0.192. The highest BCUT2D eigenvalue weighted by Gasteiger charge is 2.42. The first-order chi connectivity index (χ1) is 16.3. The predicted octanol–water partition coefficient (Wildman–Crippen LogP) is 3.66. The third-order valence-electron chi connectivity index (χ3n) is 6.57. The third-order valence-corrected chi connectivity index (χ3v) is 6.57. The van der Waals surface area contributed by atoms with Crippen LogP contribution < -0.4 is 0 Å². The van der Waals surface area contributed by atoms with E-state index in [1.807, 2.05) is 26.0 Å². The van der Waals surface area contributed by atoms with E-state index in [0.717, 1.165) is 22.4 Å². The molecular formula is C27H35N5O3. The van der Waals surface area contributed by atoms with Gasteiger partial charge in [0.05, 0.1) is 17.4 Å². The van der Waals surface area contributed by atoms with Crippen LogP contribution in [0, 0.1) is 6.92 Å². The number of piperazine rings is 1. The molecule has 8 nitrogen and oxygen atoms in total. The SMILES string of the molecule is Cc1cccc(-c2cc(C(C)C)c3nc(C(=O)N4CCN(C(=O)C(C)(C)O)CC4(C)C)cn3n2)c1. The molecule has 1 N–H and O–H groups in total. The van der Waals surface area contributed by atoms with Gasteiger partial charge in [-0.05, 0) is 52.7 Å². The highest BCUT2D eigenvalue weighted by atomic mass is 16.3. The molecule has 3 heterocycles. The molecule has 1 aliphatic rings. The zero-order chi connectivity index (χ0) is 25.7. The van der Waals surface area contributed by atoms with E-state index < -0.39 is 11.1 Å². The lowest BCUT2D eigenvalue weighted by molar-refractivity contribution is -0.152. The normalized spacial score (nSPS) is 16.3. The van der Waals surface area contributed by atoms with Crippen molar-refractivity contribution in [3.63, 3.8) is 0 Å². The summed E-state index contributed by atoms with van der Waals surface area (Å²) in [7, 11) is 0. The van der Waals surface area contributed by atoms with Crippen LogP contribution in [0.1, 0.15) is 69.1 Å². The molecule has 0 spiro atoms. The van der Waals surface area contributed by atoms with Crippen molar-refractivity contribution >= 4 is 17.5 Å². The molecule has 4 rings (SSSR count). The van der Waals surface area contributed by atoms with Gasteiger partial charge in [0.2, 0.25) is 0 Å². The van der Waals surface area contributed by atoms with Gasteiger partial charge in [-0.1, -0.05) is 37.6 Å². The van der Waals surface area contributed by atoms with E-state index in [4.69, 9.17) is 10.1 Å². The molecule has 35 heavy (non-hydrogen) atoms. The van der Waals surface area contributed by atoms with Crippen molar-refractivity contribution in [3.05, 3.63) is 53.3 Å². The van der Waals surface area contributed by atoms with Gasteiger partial charge in [-0.25, -0.2) is 9.50 Å². The van der Waals surface area contributed by atoms with Crippen molar-refractivity contribution in [2.24, 2.45) is 0 Å². The van der Waals surface area contributed by atoms with Gasteiger partial charge < -0.3 is 14.9 Å². The molecule has 0 atom stereocenters. The van der Waals surface area contributed by atoms with Crippen LogP contribution in [0.15, 0.2) is 36.5 Å². The number of aromatic nitrogens is 3. The van der Waals surface area contributed by atoms with Crippen LogP contribution in [0.2, 0.25) is 0 Å². The molecule has 0 unspecified atom stereocenters. The summed E-state index contributed by atoms with van der Waals surface area (Å²) in [6, 6.07) is 10.2. The maximum absolute atomic E-state index is 13.6. The van der Waals surface area contributed by atoms with E-state index in [-0.39, 0.29) is 17.7 Å². The number of fused-ring (bicyclic) bond motifs is 1. The van der Waals surface area contributed by atoms with Crippen molar-refractivity contribution in [1.82, 2.24) is 24.4 Å². The Morgan fingerprint density at radius 1 is 1.14 bits per heavy atom. The van der Waals surface area contributed by atoms with Gasteiger partial charge in [0.25, 0.3) is 11.8 Å². The molecule has 1 fully saturated rings. The summed E-state index contributed by atoms with van der Waals surface area (Å²) in [5, 5.41) is 14.9. The van der Waals surface area contributed by atoms with Gasteiger partial charge in [-0.15, -0.1) is 0 Å². The predicted molar refractivity (Wildman–Crippen MR) is 135 cm³/mol. The highest BCUT2D eigenvalue weighted by Crippen LogP contribution is 2.28. The third kappa shape index (κ3) is 4.80. The second kappa shape index (κ2) is 8.75. The molecule has 0 radical (unpaired) electrons. The molecule has 3 aromatic rings. The number of carbonyl (C=O) groups excluding carboxylic acids is 2. The number of hydrogen-bond acceptors (Lipinski definition) is 5. The lowest BCUT2D eigenvalue weighted by Crippen LogP contribution is -2.64. The van der Waals surface area contributed by atoms with E-state index in [0.29, 0.717) is 31.0 Å². The average Bonchev–Trinajstić information content (AvgIpc) is 3.20. The number of hydrogen-bond donors (Lipinski definition) is 1. The molecule has 1 saturated heterocycles. The lowest BCUT2D eigenvalue weighted by atomic mass is 9.96. The number of amides is 2. The second-order valence-corrected chi connectivity index (χ2v) is 11.0. The smallest absolute Gasteiger partial charge is 0.274 e. The fourth-order valence-corrected chi connectivity index (χ4v) is 4.70. The van der Waals surface area contributed by atoms with Crippen LogP contribution >= 0.6 is 0 Å². The van der Waals surface area contributed by atoms with E-state index >= 15 is 0 Å². The topological polar surface area (TPSA) is 91.0 Å². The standard InChI is InChI=1S/C27H35N5O3/c1-17(2)20-14-21(19-10-8-9-18(3)13-19)29-32-15-22(28-23(20)32)24(33)31-12-11-30(16-26(31,4)5)25(34)27(6,7)35/h8-10,13-15,17,35H,11-12,16H2,1-7H3. The van der Waals surface area contributed by atoms with Gasteiger partial charge in [-0.3, -0.25) is 9.59 Å². The van der Waals surface area contributed by atoms with Crippen molar-refractivity contribution in [2.45, 2.75) is 65.5 Å². The van der Waals surface area contributed by atoms with Gasteiger partial charge in [0.1, 0.15) is 11.3 Å². The Hall–Kier alpha value is -3.26. The number of rotatable bonds is 4. The highest BCUT2D eigenvalue weighted by molar-refractivity contribution is 5.94. The van der Waals surface area contributed by atoms with Crippen LogP contribution in [-0.4, -0.2) is 72.1 Å². The Labute approximate surface area is 206 Å². The first-order valence-corrected chi connectivity index (χ1v) is 12.1. The summed E-state index contributed by atoms with van der Waals surface area (Å²) in [5.41, 5.74) is 2.97. The number of benzene rings is 1.